The lowest BCUT2D eigenvalue weighted by Gasteiger charge is -2.18. The zero-order chi connectivity index (χ0) is 17.4. The number of sulfonamides is 1. The number of aryl methyl sites for hydroxylation is 2. The topological polar surface area (TPSA) is 46.2 Å². The van der Waals surface area contributed by atoms with E-state index in [-0.39, 0.29) is 4.90 Å². The molecule has 3 rings (SSSR count). The Hall–Kier alpha value is -2.02. The van der Waals surface area contributed by atoms with E-state index >= 15 is 0 Å². The molecular weight excluding hydrogens is 339 g/mol. The van der Waals surface area contributed by atoms with Crippen molar-refractivity contribution in [1.29, 1.82) is 0 Å². The van der Waals surface area contributed by atoms with Crippen molar-refractivity contribution < 1.29 is 21.6 Å². The molecule has 0 radical (unpaired) electrons. The van der Waals surface area contributed by atoms with Crippen molar-refractivity contribution in [3.63, 3.8) is 0 Å². The van der Waals surface area contributed by atoms with Crippen molar-refractivity contribution >= 4 is 15.7 Å². The summed E-state index contributed by atoms with van der Waals surface area (Å²) in [6.07, 6.45) is -0.885. The maximum absolute atomic E-state index is 13.0. The highest BCUT2D eigenvalue weighted by Crippen LogP contribution is 2.35. The Morgan fingerprint density at radius 2 is 1.58 bits per heavy atom. The van der Waals surface area contributed by atoms with Crippen molar-refractivity contribution in [2.24, 2.45) is 0 Å². The number of anilines is 1. The Morgan fingerprint density at radius 1 is 0.917 bits per heavy atom. The Kier molecular flexibility index (Phi) is 4.29. The number of para-hydroxylation sites is 1. The van der Waals surface area contributed by atoms with E-state index in [9.17, 15) is 21.6 Å². The molecule has 7 heteroatoms. The average molecular weight is 355 g/mol. The van der Waals surface area contributed by atoms with Gasteiger partial charge in [0.15, 0.2) is 0 Å². The van der Waals surface area contributed by atoms with Gasteiger partial charge in [0, 0.05) is 0 Å². The molecule has 0 atom stereocenters. The predicted molar refractivity (Wildman–Crippen MR) is 85.3 cm³/mol. The normalized spacial score (nSPS) is 15.0. The van der Waals surface area contributed by atoms with Crippen molar-refractivity contribution in [2.45, 2.75) is 36.8 Å². The number of hydrogen-bond donors (Lipinski definition) is 1. The molecule has 1 N–H and O–H groups in total. The maximum Gasteiger partial charge on any atom is 0.418 e. The lowest BCUT2D eigenvalue weighted by atomic mass is 9.92. The van der Waals surface area contributed by atoms with Gasteiger partial charge in [0.25, 0.3) is 10.0 Å². The molecule has 0 heterocycles. The summed E-state index contributed by atoms with van der Waals surface area (Å²) in [5.41, 5.74) is 0.582. The smallest absolute Gasteiger partial charge is 0.279 e. The summed E-state index contributed by atoms with van der Waals surface area (Å²) in [6.45, 7) is 0. The van der Waals surface area contributed by atoms with E-state index in [2.05, 4.69) is 4.72 Å². The highest BCUT2D eigenvalue weighted by molar-refractivity contribution is 7.92. The van der Waals surface area contributed by atoms with Crippen molar-refractivity contribution in [3.8, 4) is 0 Å². The van der Waals surface area contributed by atoms with Gasteiger partial charge in [0.2, 0.25) is 0 Å². The summed E-state index contributed by atoms with van der Waals surface area (Å²) in [5.74, 6) is 0. The first kappa shape index (κ1) is 16.8. The SMILES string of the molecule is O=S(=O)(Nc1ccccc1C(F)(F)F)c1ccc2c(c1)CCCC2. The van der Waals surface area contributed by atoms with Crippen LogP contribution in [0, 0.1) is 0 Å². The Morgan fingerprint density at radius 3 is 2.29 bits per heavy atom. The van der Waals surface area contributed by atoms with Gasteiger partial charge in [-0.2, -0.15) is 13.2 Å². The number of alkyl halides is 3. The molecule has 0 fully saturated rings. The van der Waals surface area contributed by atoms with E-state index in [4.69, 9.17) is 0 Å². The minimum absolute atomic E-state index is 0.0138. The Balaban J connectivity index is 1.96. The molecule has 0 saturated heterocycles. The van der Waals surface area contributed by atoms with Gasteiger partial charge in [-0.3, -0.25) is 4.72 Å². The molecule has 0 bridgehead atoms. The molecule has 0 amide bonds. The summed E-state index contributed by atoms with van der Waals surface area (Å²) in [6, 6.07) is 9.30. The van der Waals surface area contributed by atoms with E-state index in [0.717, 1.165) is 48.9 Å². The van der Waals surface area contributed by atoms with Crippen LogP contribution in [0.15, 0.2) is 47.4 Å². The molecule has 0 spiro atoms. The predicted octanol–water partition coefficient (Wildman–Crippen LogP) is 4.39. The third-order valence-electron chi connectivity index (χ3n) is 4.11. The maximum atomic E-state index is 13.0. The quantitative estimate of drug-likeness (QED) is 0.888. The largest absolute Gasteiger partial charge is 0.418 e. The van der Waals surface area contributed by atoms with Crippen LogP contribution in [0.1, 0.15) is 29.5 Å². The van der Waals surface area contributed by atoms with E-state index in [1.165, 1.54) is 18.2 Å². The van der Waals surface area contributed by atoms with Crippen molar-refractivity contribution in [3.05, 3.63) is 59.2 Å². The highest BCUT2D eigenvalue weighted by atomic mass is 32.2. The molecule has 2 aromatic rings. The van der Waals surface area contributed by atoms with Gasteiger partial charge >= 0.3 is 6.18 Å². The van der Waals surface area contributed by atoms with Crippen LogP contribution in [-0.4, -0.2) is 8.42 Å². The number of benzene rings is 2. The van der Waals surface area contributed by atoms with Crippen LogP contribution in [0.2, 0.25) is 0 Å². The van der Waals surface area contributed by atoms with Gasteiger partial charge in [-0.05, 0) is 61.1 Å². The molecule has 3 nitrogen and oxygen atoms in total. The van der Waals surface area contributed by atoms with Crippen LogP contribution in [0.4, 0.5) is 18.9 Å². The standard InChI is InChI=1S/C17H16F3NO2S/c18-17(19,20)15-7-3-4-8-16(15)21-24(22,23)14-10-9-12-5-1-2-6-13(12)11-14/h3-4,7-11,21H,1-2,5-6H2. The molecule has 24 heavy (non-hydrogen) atoms. The summed E-state index contributed by atoms with van der Waals surface area (Å²) >= 11 is 0. The summed E-state index contributed by atoms with van der Waals surface area (Å²) in [4.78, 5) is -0.0138. The third-order valence-corrected chi connectivity index (χ3v) is 5.47. The monoisotopic (exact) mass is 355 g/mol. The second-order valence-corrected chi connectivity index (χ2v) is 7.47. The number of fused-ring (bicyclic) bond motifs is 1. The van der Waals surface area contributed by atoms with Crippen LogP contribution >= 0.6 is 0 Å². The summed E-state index contributed by atoms with van der Waals surface area (Å²) in [5, 5.41) is 0. The van der Waals surface area contributed by atoms with Gasteiger partial charge in [-0.15, -0.1) is 0 Å². The second-order valence-electron chi connectivity index (χ2n) is 5.79. The molecule has 0 aliphatic heterocycles. The minimum atomic E-state index is -4.63. The van der Waals surface area contributed by atoms with Gasteiger partial charge in [-0.25, -0.2) is 8.42 Å². The number of rotatable bonds is 3. The molecule has 2 aromatic carbocycles. The van der Waals surface area contributed by atoms with E-state index in [1.807, 2.05) is 0 Å². The number of hydrogen-bond acceptors (Lipinski definition) is 2. The summed E-state index contributed by atoms with van der Waals surface area (Å²) < 4.78 is 66.1. The van der Waals surface area contributed by atoms with Gasteiger partial charge in [0.1, 0.15) is 0 Å². The number of halogens is 3. The van der Waals surface area contributed by atoms with Crippen molar-refractivity contribution in [1.82, 2.24) is 0 Å². The lowest BCUT2D eigenvalue weighted by molar-refractivity contribution is -0.136. The first-order valence-electron chi connectivity index (χ1n) is 7.58. The molecule has 1 aliphatic carbocycles. The van der Waals surface area contributed by atoms with Crippen LogP contribution in [-0.2, 0) is 29.0 Å². The van der Waals surface area contributed by atoms with Gasteiger partial charge < -0.3 is 0 Å². The number of nitrogens with one attached hydrogen (secondary N) is 1. The van der Waals surface area contributed by atoms with E-state index < -0.39 is 27.5 Å². The van der Waals surface area contributed by atoms with Gasteiger partial charge in [-0.1, -0.05) is 18.2 Å². The van der Waals surface area contributed by atoms with Crippen molar-refractivity contribution in [2.75, 3.05) is 4.72 Å². The minimum Gasteiger partial charge on any atom is -0.279 e. The molecule has 0 saturated carbocycles. The Labute approximate surface area is 138 Å². The van der Waals surface area contributed by atoms with Crippen LogP contribution in [0.5, 0.6) is 0 Å². The fourth-order valence-corrected chi connectivity index (χ4v) is 4.03. The van der Waals surface area contributed by atoms with Crippen LogP contribution in [0.3, 0.4) is 0 Å². The second kappa shape index (κ2) is 6.12. The first-order chi connectivity index (χ1) is 11.3. The molecule has 0 unspecified atom stereocenters. The molecule has 0 aromatic heterocycles. The zero-order valence-electron chi connectivity index (χ0n) is 12.7. The molecule has 128 valence electrons. The third kappa shape index (κ3) is 3.40. The average Bonchev–Trinajstić information content (AvgIpc) is 2.53. The fourth-order valence-electron chi connectivity index (χ4n) is 2.90. The summed E-state index contributed by atoms with van der Waals surface area (Å²) in [7, 11) is -4.08. The first-order valence-corrected chi connectivity index (χ1v) is 9.06. The lowest BCUT2D eigenvalue weighted by Crippen LogP contribution is -2.17. The molecular formula is C17H16F3NO2S. The van der Waals surface area contributed by atoms with Crippen LogP contribution in [0.25, 0.3) is 0 Å². The molecule has 1 aliphatic rings. The van der Waals surface area contributed by atoms with E-state index in [0.29, 0.717) is 0 Å². The van der Waals surface area contributed by atoms with Gasteiger partial charge in [0.05, 0.1) is 16.1 Å². The Bertz CT molecular complexity index is 860. The zero-order valence-corrected chi connectivity index (χ0v) is 13.5. The van der Waals surface area contributed by atoms with E-state index in [1.54, 1.807) is 12.1 Å². The van der Waals surface area contributed by atoms with Crippen LogP contribution < -0.4 is 4.72 Å². The fraction of sp³-hybridized carbons (Fsp3) is 0.294. The highest BCUT2D eigenvalue weighted by Gasteiger charge is 2.34.